The third kappa shape index (κ3) is 3.78. The minimum atomic E-state index is 0.730. The molecule has 0 amide bonds. The van der Waals surface area contributed by atoms with Crippen molar-refractivity contribution in [1.82, 2.24) is 16.0 Å². The average molecular weight is 130 g/mol. The second kappa shape index (κ2) is 5.37. The van der Waals surface area contributed by atoms with Crippen LogP contribution in [0.3, 0.4) is 0 Å². The summed E-state index contributed by atoms with van der Waals surface area (Å²) in [6.07, 6.45) is 0. The Kier molecular flexibility index (Phi) is 4.91. The van der Waals surface area contributed by atoms with E-state index in [4.69, 9.17) is 0 Å². The maximum Gasteiger partial charge on any atom is 0.191 e. The highest BCUT2D eigenvalue weighted by Gasteiger charge is 1.86. The van der Waals surface area contributed by atoms with E-state index in [1.165, 1.54) is 0 Å². The molecule has 4 heteroatoms. The Bertz CT molecular complexity index is 89.0. The molecule has 0 aliphatic rings. The first-order chi connectivity index (χ1) is 4.35. The van der Waals surface area contributed by atoms with Crippen molar-refractivity contribution in [2.75, 3.05) is 27.8 Å². The number of guanidine groups is 1. The SMILES string of the molecule is CN=C(NC)NCNC. The summed E-state index contributed by atoms with van der Waals surface area (Å²) in [5, 5.41) is 8.82. The maximum atomic E-state index is 3.90. The number of hydrogen-bond donors (Lipinski definition) is 3. The Balaban J connectivity index is 3.33. The van der Waals surface area contributed by atoms with E-state index in [1.54, 1.807) is 7.05 Å². The highest BCUT2D eigenvalue weighted by molar-refractivity contribution is 5.79. The smallest absolute Gasteiger partial charge is 0.191 e. The fourth-order valence-corrected chi connectivity index (χ4v) is 0.451. The molecule has 0 aromatic heterocycles. The molecule has 0 spiro atoms. The van der Waals surface area contributed by atoms with Crippen molar-refractivity contribution in [1.29, 1.82) is 0 Å². The second-order valence-electron chi connectivity index (χ2n) is 1.53. The number of aliphatic imine (C=N–C) groups is 1. The van der Waals surface area contributed by atoms with Gasteiger partial charge in [0.15, 0.2) is 5.96 Å². The molecular weight excluding hydrogens is 116 g/mol. The first kappa shape index (κ1) is 8.23. The van der Waals surface area contributed by atoms with Gasteiger partial charge in [-0.05, 0) is 7.05 Å². The van der Waals surface area contributed by atoms with Gasteiger partial charge in [0.25, 0.3) is 0 Å². The minimum Gasteiger partial charge on any atom is -0.359 e. The molecule has 0 rings (SSSR count). The van der Waals surface area contributed by atoms with Crippen molar-refractivity contribution in [2.45, 2.75) is 0 Å². The molecule has 54 valence electrons. The molecule has 0 saturated carbocycles. The lowest BCUT2D eigenvalue weighted by Crippen LogP contribution is -2.39. The first-order valence-electron chi connectivity index (χ1n) is 2.88. The van der Waals surface area contributed by atoms with Gasteiger partial charge in [0.1, 0.15) is 0 Å². The van der Waals surface area contributed by atoms with Crippen molar-refractivity contribution in [3.05, 3.63) is 0 Å². The van der Waals surface area contributed by atoms with E-state index in [9.17, 15) is 0 Å². The minimum absolute atomic E-state index is 0.730. The van der Waals surface area contributed by atoms with E-state index in [0.717, 1.165) is 12.6 Å². The zero-order valence-electron chi connectivity index (χ0n) is 6.15. The largest absolute Gasteiger partial charge is 0.359 e. The highest BCUT2D eigenvalue weighted by Crippen LogP contribution is 1.59. The summed E-state index contributed by atoms with van der Waals surface area (Å²) >= 11 is 0. The molecule has 0 radical (unpaired) electrons. The lowest BCUT2D eigenvalue weighted by Gasteiger charge is -2.05. The molecule has 0 bridgehead atoms. The third-order valence-corrected chi connectivity index (χ3v) is 0.893. The van der Waals surface area contributed by atoms with E-state index in [-0.39, 0.29) is 0 Å². The van der Waals surface area contributed by atoms with Gasteiger partial charge in [-0.25, -0.2) is 0 Å². The Morgan fingerprint density at radius 2 is 2.11 bits per heavy atom. The molecule has 0 aliphatic carbocycles. The quantitative estimate of drug-likeness (QED) is 0.254. The van der Waals surface area contributed by atoms with Crippen molar-refractivity contribution in [2.24, 2.45) is 4.99 Å². The summed E-state index contributed by atoms with van der Waals surface area (Å²) in [5.74, 6) is 0.796. The second-order valence-corrected chi connectivity index (χ2v) is 1.53. The molecule has 0 heterocycles. The number of nitrogens with one attached hydrogen (secondary N) is 3. The van der Waals surface area contributed by atoms with E-state index < -0.39 is 0 Å². The fourth-order valence-electron chi connectivity index (χ4n) is 0.451. The monoisotopic (exact) mass is 130 g/mol. The van der Waals surface area contributed by atoms with Gasteiger partial charge in [0, 0.05) is 14.1 Å². The van der Waals surface area contributed by atoms with Crippen LogP contribution in [0.2, 0.25) is 0 Å². The molecule has 9 heavy (non-hydrogen) atoms. The Hall–Kier alpha value is -0.770. The standard InChI is InChI=1S/C5H14N4/c1-6-4-9-5(7-2)8-3/h6H,4H2,1-3H3,(H2,7,8,9). The summed E-state index contributed by atoms with van der Waals surface area (Å²) in [6.45, 7) is 0.730. The Morgan fingerprint density at radius 1 is 1.44 bits per heavy atom. The van der Waals surface area contributed by atoms with Gasteiger partial charge < -0.3 is 16.0 Å². The van der Waals surface area contributed by atoms with Gasteiger partial charge in [-0.3, -0.25) is 4.99 Å². The zero-order valence-corrected chi connectivity index (χ0v) is 6.15. The zero-order chi connectivity index (χ0) is 7.11. The third-order valence-electron chi connectivity index (χ3n) is 0.893. The van der Waals surface area contributed by atoms with Crippen LogP contribution in [0.1, 0.15) is 0 Å². The normalized spacial score (nSPS) is 11.2. The van der Waals surface area contributed by atoms with Gasteiger partial charge in [-0.15, -0.1) is 0 Å². The molecule has 0 aromatic rings. The lowest BCUT2D eigenvalue weighted by molar-refractivity contribution is 0.744. The van der Waals surface area contributed by atoms with Gasteiger partial charge in [0.05, 0.1) is 6.67 Å². The van der Waals surface area contributed by atoms with Crippen molar-refractivity contribution in [3.63, 3.8) is 0 Å². The molecule has 0 aliphatic heterocycles. The molecule has 0 aromatic carbocycles. The van der Waals surface area contributed by atoms with E-state index in [0.29, 0.717) is 0 Å². The van der Waals surface area contributed by atoms with Crippen LogP contribution >= 0.6 is 0 Å². The molecule has 3 N–H and O–H groups in total. The summed E-state index contributed by atoms with van der Waals surface area (Å²) in [7, 11) is 5.43. The number of rotatable bonds is 2. The highest BCUT2D eigenvalue weighted by atomic mass is 15.2. The van der Waals surface area contributed by atoms with Crippen LogP contribution in [-0.4, -0.2) is 33.8 Å². The lowest BCUT2D eigenvalue weighted by atomic mass is 10.8. The first-order valence-corrected chi connectivity index (χ1v) is 2.88. The summed E-state index contributed by atoms with van der Waals surface area (Å²) in [4.78, 5) is 3.90. The van der Waals surface area contributed by atoms with Crippen molar-refractivity contribution in [3.8, 4) is 0 Å². The summed E-state index contributed by atoms with van der Waals surface area (Å²) in [6, 6.07) is 0. The van der Waals surface area contributed by atoms with Crippen LogP contribution in [0, 0.1) is 0 Å². The van der Waals surface area contributed by atoms with Gasteiger partial charge in [-0.2, -0.15) is 0 Å². The van der Waals surface area contributed by atoms with Crippen molar-refractivity contribution < 1.29 is 0 Å². The van der Waals surface area contributed by atoms with Gasteiger partial charge in [-0.1, -0.05) is 0 Å². The molecule has 0 fully saturated rings. The van der Waals surface area contributed by atoms with Crippen molar-refractivity contribution >= 4 is 5.96 Å². The van der Waals surface area contributed by atoms with Gasteiger partial charge in [0.2, 0.25) is 0 Å². The molecule has 0 saturated heterocycles. The topological polar surface area (TPSA) is 48.5 Å². The summed E-state index contributed by atoms with van der Waals surface area (Å²) in [5.41, 5.74) is 0. The predicted octanol–water partition coefficient (Wildman–Crippen LogP) is -1.04. The van der Waals surface area contributed by atoms with Gasteiger partial charge >= 0.3 is 0 Å². The Labute approximate surface area is 55.7 Å². The molecular formula is C5H14N4. The van der Waals surface area contributed by atoms with E-state index >= 15 is 0 Å². The number of hydrogen-bond acceptors (Lipinski definition) is 2. The van der Waals surface area contributed by atoms with Crippen LogP contribution in [0.15, 0.2) is 4.99 Å². The molecule has 0 atom stereocenters. The van der Waals surface area contributed by atoms with E-state index in [2.05, 4.69) is 20.9 Å². The maximum absolute atomic E-state index is 3.90. The van der Waals surface area contributed by atoms with Crippen LogP contribution in [-0.2, 0) is 0 Å². The molecule has 0 unspecified atom stereocenters. The van der Waals surface area contributed by atoms with Crippen LogP contribution in [0.4, 0.5) is 0 Å². The van der Waals surface area contributed by atoms with Crippen LogP contribution < -0.4 is 16.0 Å². The Morgan fingerprint density at radius 3 is 2.44 bits per heavy atom. The van der Waals surface area contributed by atoms with E-state index in [1.807, 2.05) is 14.1 Å². The van der Waals surface area contributed by atoms with Crippen LogP contribution in [0.25, 0.3) is 0 Å². The van der Waals surface area contributed by atoms with Crippen LogP contribution in [0.5, 0.6) is 0 Å². The fraction of sp³-hybridized carbons (Fsp3) is 0.800. The predicted molar refractivity (Wildman–Crippen MR) is 39.5 cm³/mol. The summed E-state index contributed by atoms with van der Waals surface area (Å²) < 4.78 is 0. The molecule has 4 nitrogen and oxygen atoms in total. The number of nitrogens with zero attached hydrogens (tertiary/aromatic N) is 1. The average Bonchev–Trinajstić information content (AvgIpc) is 1.91.